The number of unbranched alkanes of at least 4 members (excludes halogenated alkanes) is 1. The SMILES string of the molecule is CCCCN(c1cc(C(=O)O)cc(CC)n1)C1CC1. The lowest BCUT2D eigenvalue weighted by Crippen LogP contribution is -2.28. The van der Waals surface area contributed by atoms with Gasteiger partial charge in [0.1, 0.15) is 5.82 Å². The van der Waals surface area contributed by atoms with Crippen LogP contribution in [0.1, 0.15) is 55.6 Å². The smallest absolute Gasteiger partial charge is 0.335 e. The van der Waals surface area contributed by atoms with Crippen molar-refractivity contribution in [1.29, 1.82) is 0 Å². The van der Waals surface area contributed by atoms with Crippen molar-refractivity contribution in [2.24, 2.45) is 0 Å². The van der Waals surface area contributed by atoms with E-state index in [9.17, 15) is 9.90 Å². The molecule has 104 valence electrons. The van der Waals surface area contributed by atoms with Crippen LogP contribution >= 0.6 is 0 Å². The molecule has 0 unspecified atom stereocenters. The molecule has 1 aliphatic rings. The fourth-order valence-corrected chi connectivity index (χ4v) is 2.22. The molecule has 0 atom stereocenters. The standard InChI is InChI=1S/C15H22N2O2/c1-3-5-8-17(13-6-7-13)14-10-11(15(18)19)9-12(4-2)16-14/h9-10,13H,3-8H2,1-2H3,(H,18,19). The summed E-state index contributed by atoms with van der Waals surface area (Å²) in [6.45, 7) is 5.15. The normalized spacial score (nSPS) is 14.4. The number of aromatic nitrogens is 1. The van der Waals surface area contributed by atoms with Gasteiger partial charge in [0.15, 0.2) is 0 Å². The van der Waals surface area contributed by atoms with Gasteiger partial charge in [0.2, 0.25) is 0 Å². The van der Waals surface area contributed by atoms with Gasteiger partial charge in [-0.25, -0.2) is 9.78 Å². The van der Waals surface area contributed by atoms with Crippen LogP contribution in [0.4, 0.5) is 5.82 Å². The molecule has 0 amide bonds. The van der Waals surface area contributed by atoms with Gasteiger partial charge in [-0.05, 0) is 37.8 Å². The molecule has 1 N–H and O–H groups in total. The lowest BCUT2D eigenvalue weighted by Gasteiger charge is -2.24. The third-order valence-corrected chi connectivity index (χ3v) is 3.51. The highest BCUT2D eigenvalue weighted by Crippen LogP contribution is 2.31. The lowest BCUT2D eigenvalue weighted by molar-refractivity contribution is 0.0696. The van der Waals surface area contributed by atoms with E-state index in [2.05, 4.69) is 16.8 Å². The second-order valence-corrected chi connectivity index (χ2v) is 5.14. The maximum atomic E-state index is 11.2. The first-order valence-electron chi connectivity index (χ1n) is 7.16. The minimum Gasteiger partial charge on any atom is -0.478 e. The number of rotatable bonds is 7. The number of pyridine rings is 1. The van der Waals surface area contributed by atoms with E-state index in [0.29, 0.717) is 11.6 Å². The number of carbonyl (C=O) groups is 1. The average Bonchev–Trinajstić information content (AvgIpc) is 3.23. The molecule has 4 heteroatoms. The fourth-order valence-electron chi connectivity index (χ4n) is 2.22. The molecule has 0 aliphatic heterocycles. The molecule has 0 aromatic carbocycles. The van der Waals surface area contributed by atoms with Crippen molar-refractivity contribution in [1.82, 2.24) is 4.98 Å². The molecule has 2 rings (SSSR count). The van der Waals surface area contributed by atoms with Crippen LogP contribution in [0.2, 0.25) is 0 Å². The highest BCUT2D eigenvalue weighted by Gasteiger charge is 2.30. The molecule has 0 saturated heterocycles. The van der Waals surface area contributed by atoms with Crippen LogP contribution in [0.25, 0.3) is 0 Å². The van der Waals surface area contributed by atoms with Crippen molar-refractivity contribution in [2.75, 3.05) is 11.4 Å². The van der Waals surface area contributed by atoms with Crippen LogP contribution < -0.4 is 4.90 Å². The van der Waals surface area contributed by atoms with Gasteiger partial charge in [0, 0.05) is 18.3 Å². The van der Waals surface area contributed by atoms with Crippen LogP contribution in [0.15, 0.2) is 12.1 Å². The Morgan fingerprint density at radius 2 is 2.16 bits per heavy atom. The summed E-state index contributed by atoms with van der Waals surface area (Å²) in [4.78, 5) is 18.1. The van der Waals surface area contributed by atoms with Gasteiger partial charge >= 0.3 is 5.97 Å². The zero-order chi connectivity index (χ0) is 13.8. The van der Waals surface area contributed by atoms with Crippen LogP contribution in [-0.2, 0) is 6.42 Å². The van der Waals surface area contributed by atoms with E-state index in [1.54, 1.807) is 12.1 Å². The van der Waals surface area contributed by atoms with E-state index in [4.69, 9.17) is 0 Å². The van der Waals surface area contributed by atoms with E-state index in [1.165, 1.54) is 12.8 Å². The van der Waals surface area contributed by atoms with Crippen molar-refractivity contribution in [3.63, 3.8) is 0 Å². The van der Waals surface area contributed by atoms with Crippen molar-refractivity contribution in [3.05, 3.63) is 23.4 Å². The molecular weight excluding hydrogens is 240 g/mol. The first kappa shape index (κ1) is 13.8. The van der Waals surface area contributed by atoms with Crippen LogP contribution in [0.3, 0.4) is 0 Å². The maximum absolute atomic E-state index is 11.2. The highest BCUT2D eigenvalue weighted by atomic mass is 16.4. The van der Waals surface area contributed by atoms with Crippen molar-refractivity contribution in [2.45, 2.75) is 52.0 Å². The molecule has 1 aromatic rings. The summed E-state index contributed by atoms with van der Waals surface area (Å²) in [5.74, 6) is -0.0303. The molecular formula is C15H22N2O2. The maximum Gasteiger partial charge on any atom is 0.335 e. The molecule has 4 nitrogen and oxygen atoms in total. The summed E-state index contributed by atoms with van der Waals surface area (Å²) in [5.41, 5.74) is 1.21. The molecule has 0 bridgehead atoms. The molecule has 0 spiro atoms. The Labute approximate surface area is 114 Å². The van der Waals surface area contributed by atoms with Gasteiger partial charge in [0.05, 0.1) is 5.56 Å². The number of aryl methyl sites for hydroxylation is 1. The van der Waals surface area contributed by atoms with E-state index in [1.807, 2.05) is 6.92 Å². The summed E-state index contributed by atoms with van der Waals surface area (Å²) in [6, 6.07) is 3.96. The molecule has 1 aromatic heterocycles. The second kappa shape index (κ2) is 6.04. The summed E-state index contributed by atoms with van der Waals surface area (Å²) in [5, 5.41) is 9.20. The van der Waals surface area contributed by atoms with Crippen LogP contribution in [0, 0.1) is 0 Å². The average molecular weight is 262 g/mol. The zero-order valence-electron chi connectivity index (χ0n) is 11.7. The fraction of sp³-hybridized carbons (Fsp3) is 0.600. The van der Waals surface area contributed by atoms with Gasteiger partial charge in [-0.2, -0.15) is 0 Å². The van der Waals surface area contributed by atoms with E-state index >= 15 is 0 Å². The van der Waals surface area contributed by atoms with Gasteiger partial charge in [-0.3, -0.25) is 0 Å². The third kappa shape index (κ3) is 3.46. The van der Waals surface area contributed by atoms with Crippen molar-refractivity contribution >= 4 is 11.8 Å². The first-order chi connectivity index (χ1) is 9.15. The minimum atomic E-state index is -0.871. The van der Waals surface area contributed by atoms with E-state index in [0.717, 1.165) is 37.3 Å². The Bertz CT molecular complexity index is 455. The lowest BCUT2D eigenvalue weighted by atomic mass is 10.2. The van der Waals surface area contributed by atoms with Gasteiger partial charge in [-0.15, -0.1) is 0 Å². The number of aromatic carboxylic acids is 1. The molecule has 1 heterocycles. The van der Waals surface area contributed by atoms with Crippen LogP contribution in [-0.4, -0.2) is 28.6 Å². The van der Waals surface area contributed by atoms with Crippen molar-refractivity contribution < 1.29 is 9.90 Å². The Hall–Kier alpha value is -1.58. The Balaban J connectivity index is 2.29. The summed E-state index contributed by atoms with van der Waals surface area (Å²) in [7, 11) is 0. The summed E-state index contributed by atoms with van der Waals surface area (Å²) in [6.07, 6.45) is 5.42. The van der Waals surface area contributed by atoms with Gasteiger partial charge in [-0.1, -0.05) is 20.3 Å². The highest BCUT2D eigenvalue weighted by molar-refractivity contribution is 5.88. The summed E-state index contributed by atoms with van der Waals surface area (Å²) < 4.78 is 0. The number of carboxylic acids is 1. The first-order valence-corrected chi connectivity index (χ1v) is 7.16. The number of hydrogen-bond acceptors (Lipinski definition) is 3. The molecule has 1 saturated carbocycles. The number of hydrogen-bond donors (Lipinski definition) is 1. The third-order valence-electron chi connectivity index (χ3n) is 3.51. The Morgan fingerprint density at radius 3 is 2.68 bits per heavy atom. The number of carboxylic acid groups (broad SMARTS) is 1. The molecule has 1 aliphatic carbocycles. The van der Waals surface area contributed by atoms with Crippen molar-refractivity contribution in [3.8, 4) is 0 Å². The second-order valence-electron chi connectivity index (χ2n) is 5.14. The van der Waals surface area contributed by atoms with Crippen LogP contribution in [0.5, 0.6) is 0 Å². The monoisotopic (exact) mass is 262 g/mol. The predicted molar refractivity (Wildman–Crippen MR) is 75.9 cm³/mol. The van der Waals surface area contributed by atoms with Gasteiger partial charge in [0.25, 0.3) is 0 Å². The molecule has 1 fully saturated rings. The largest absolute Gasteiger partial charge is 0.478 e. The summed E-state index contributed by atoms with van der Waals surface area (Å²) >= 11 is 0. The zero-order valence-corrected chi connectivity index (χ0v) is 11.7. The van der Waals surface area contributed by atoms with E-state index in [-0.39, 0.29) is 0 Å². The van der Waals surface area contributed by atoms with E-state index < -0.39 is 5.97 Å². The van der Waals surface area contributed by atoms with Gasteiger partial charge < -0.3 is 10.0 Å². The quantitative estimate of drug-likeness (QED) is 0.820. The Morgan fingerprint density at radius 1 is 1.42 bits per heavy atom. The predicted octanol–water partition coefficient (Wildman–Crippen LogP) is 3.11. The molecule has 19 heavy (non-hydrogen) atoms. The topological polar surface area (TPSA) is 53.4 Å². The molecule has 0 radical (unpaired) electrons. The number of nitrogens with zero attached hydrogens (tertiary/aromatic N) is 2. The minimum absolute atomic E-state index is 0.351. The number of anilines is 1. The Kier molecular flexibility index (Phi) is 4.40.